The molecule has 0 saturated heterocycles. The third kappa shape index (κ3) is 7.13. The van der Waals surface area contributed by atoms with Crippen molar-refractivity contribution >= 4 is 5.96 Å². The lowest BCUT2D eigenvalue weighted by Gasteiger charge is -2.16. The molecule has 0 aromatic carbocycles. The number of guanidine groups is 1. The zero-order valence-electron chi connectivity index (χ0n) is 10.7. The van der Waals surface area contributed by atoms with Crippen LogP contribution in [0.2, 0.25) is 0 Å². The molecule has 0 aromatic heterocycles. The standard InChI is InChI=1S/C12H24N4/c1-5-9-14-12(13-6-2)15-10-11-16(7-3)8-4/h1H,6-11H2,2-4H3,(H2,13,14,15). The molecule has 0 bridgehead atoms. The van der Waals surface area contributed by atoms with E-state index >= 15 is 0 Å². The van der Waals surface area contributed by atoms with Crippen LogP contribution in [-0.4, -0.2) is 50.1 Å². The van der Waals surface area contributed by atoms with Gasteiger partial charge >= 0.3 is 0 Å². The van der Waals surface area contributed by atoms with Crippen molar-refractivity contribution in [2.45, 2.75) is 20.8 Å². The van der Waals surface area contributed by atoms with Gasteiger partial charge in [0.25, 0.3) is 0 Å². The summed E-state index contributed by atoms with van der Waals surface area (Å²) in [5, 5.41) is 6.22. The summed E-state index contributed by atoms with van der Waals surface area (Å²) in [6.07, 6.45) is 5.19. The fourth-order valence-electron chi connectivity index (χ4n) is 1.32. The van der Waals surface area contributed by atoms with Crippen LogP contribution in [0.3, 0.4) is 0 Å². The van der Waals surface area contributed by atoms with Gasteiger partial charge in [0.1, 0.15) is 0 Å². The molecule has 0 aliphatic rings. The predicted molar refractivity (Wildman–Crippen MR) is 70.6 cm³/mol. The molecule has 16 heavy (non-hydrogen) atoms. The van der Waals surface area contributed by atoms with Gasteiger partial charge < -0.3 is 15.5 Å². The van der Waals surface area contributed by atoms with E-state index in [4.69, 9.17) is 6.42 Å². The van der Waals surface area contributed by atoms with E-state index in [1.54, 1.807) is 0 Å². The number of hydrogen-bond donors (Lipinski definition) is 2. The number of terminal acetylenes is 1. The Bertz CT molecular complexity index is 226. The summed E-state index contributed by atoms with van der Waals surface area (Å²) >= 11 is 0. The first-order valence-electron chi connectivity index (χ1n) is 5.96. The number of nitrogens with zero attached hydrogens (tertiary/aromatic N) is 2. The number of hydrogen-bond acceptors (Lipinski definition) is 2. The van der Waals surface area contributed by atoms with Gasteiger partial charge in [-0.05, 0) is 20.0 Å². The first-order valence-corrected chi connectivity index (χ1v) is 5.96. The van der Waals surface area contributed by atoms with Gasteiger partial charge in [-0.15, -0.1) is 6.42 Å². The molecule has 0 aliphatic carbocycles. The fourth-order valence-corrected chi connectivity index (χ4v) is 1.32. The molecule has 2 N–H and O–H groups in total. The Labute approximate surface area is 99.5 Å². The maximum absolute atomic E-state index is 5.19. The molecular formula is C12H24N4. The SMILES string of the molecule is C#CCNC(=NCCN(CC)CC)NCC. The highest BCUT2D eigenvalue weighted by Crippen LogP contribution is 1.86. The molecule has 0 heterocycles. The van der Waals surface area contributed by atoms with Crippen molar-refractivity contribution in [1.29, 1.82) is 0 Å². The smallest absolute Gasteiger partial charge is 0.192 e. The largest absolute Gasteiger partial charge is 0.357 e. The number of rotatable bonds is 7. The summed E-state index contributed by atoms with van der Waals surface area (Å²) in [6, 6.07) is 0. The Hall–Kier alpha value is -1.21. The Balaban J connectivity index is 3.97. The lowest BCUT2D eigenvalue weighted by molar-refractivity contribution is 0.313. The maximum atomic E-state index is 5.19. The van der Waals surface area contributed by atoms with Crippen molar-refractivity contribution in [1.82, 2.24) is 15.5 Å². The third-order valence-electron chi connectivity index (χ3n) is 2.28. The van der Waals surface area contributed by atoms with Crippen LogP contribution in [0.15, 0.2) is 4.99 Å². The number of likely N-dealkylation sites (N-methyl/N-ethyl adjacent to an activating group) is 1. The minimum absolute atomic E-state index is 0.511. The number of nitrogens with one attached hydrogen (secondary N) is 2. The van der Waals surface area contributed by atoms with Crippen LogP contribution < -0.4 is 10.6 Å². The van der Waals surface area contributed by atoms with E-state index < -0.39 is 0 Å². The van der Waals surface area contributed by atoms with Crippen LogP contribution >= 0.6 is 0 Å². The molecule has 0 atom stereocenters. The van der Waals surface area contributed by atoms with E-state index in [1.807, 2.05) is 6.92 Å². The highest BCUT2D eigenvalue weighted by molar-refractivity contribution is 5.79. The Morgan fingerprint density at radius 1 is 1.25 bits per heavy atom. The molecule has 92 valence electrons. The minimum atomic E-state index is 0.511. The van der Waals surface area contributed by atoms with Crippen molar-refractivity contribution in [3.63, 3.8) is 0 Å². The lowest BCUT2D eigenvalue weighted by atomic mass is 10.5. The Morgan fingerprint density at radius 2 is 1.94 bits per heavy atom. The number of aliphatic imine (C=N–C) groups is 1. The summed E-state index contributed by atoms with van der Waals surface area (Å²) in [6.45, 7) is 11.6. The highest BCUT2D eigenvalue weighted by atomic mass is 15.2. The molecule has 0 fully saturated rings. The van der Waals surface area contributed by atoms with Gasteiger partial charge in [-0.3, -0.25) is 4.99 Å². The van der Waals surface area contributed by atoms with Crippen molar-refractivity contribution in [2.75, 3.05) is 39.3 Å². The lowest BCUT2D eigenvalue weighted by Crippen LogP contribution is -2.38. The molecule has 0 aliphatic heterocycles. The summed E-state index contributed by atoms with van der Waals surface area (Å²) in [4.78, 5) is 6.79. The summed E-state index contributed by atoms with van der Waals surface area (Å²) in [5.74, 6) is 3.33. The van der Waals surface area contributed by atoms with E-state index in [2.05, 4.69) is 40.3 Å². The van der Waals surface area contributed by atoms with Crippen molar-refractivity contribution in [2.24, 2.45) is 4.99 Å². The summed E-state index contributed by atoms with van der Waals surface area (Å²) in [5.41, 5.74) is 0. The van der Waals surface area contributed by atoms with Crippen LogP contribution in [0.25, 0.3) is 0 Å². The van der Waals surface area contributed by atoms with E-state index in [0.717, 1.165) is 38.7 Å². The van der Waals surface area contributed by atoms with Crippen LogP contribution in [0.1, 0.15) is 20.8 Å². The topological polar surface area (TPSA) is 39.7 Å². The zero-order chi connectivity index (χ0) is 12.2. The van der Waals surface area contributed by atoms with E-state index in [0.29, 0.717) is 6.54 Å². The van der Waals surface area contributed by atoms with Crippen LogP contribution in [-0.2, 0) is 0 Å². The van der Waals surface area contributed by atoms with Crippen LogP contribution in [0.4, 0.5) is 0 Å². The normalized spacial score (nSPS) is 11.3. The zero-order valence-corrected chi connectivity index (χ0v) is 10.7. The molecular weight excluding hydrogens is 200 g/mol. The molecule has 0 radical (unpaired) electrons. The van der Waals surface area contributed by atoms with Crippen molar-refractivity contribution in [3.8, 4) is 12.3 Å². The first kappa shape index (κ1) is 14.8. The highest BCUT2D eigenvalue weighted by Gasteiger charge is 1.98. The van der Waals surface area contributed by atoms with Gasteiger partial charge in [-0.25, -0.2) is 0 Å². The van der Waals surface area contributed by atoms with Crippen molar-refractivity contribution < 1.29 is 0 Å². The quantitative estimate of drug-likeness (QED) is 0.376. The minimum Gasteiger partial charge on any atom is -0.357 e. The maximum Gasteiger partial charge on any atom is 0.192 e. The molecule has 0 aromatic rings. The average Bonchev–Trinajstić information content (AvgIpc) is 2.31. The molecule has 4 nitrogen and oxygen atoms in total. The van der Waals surface area contributed by atoms with E-state index in [1.165, 1.54) is 0 Å². The fraction of sp³-hybridized carbons (Fsp3) is 0.750. The molecule has 4 heteroatoms. The Morgan fingerprint density at radius 3 is 2.44 bits per heavy atom. The molecule has 0 amide bonds. The summed E-state index contributed by atoms with van der Waals surface area (Å²) < 4.78 is 0. The molecule has 0 spiro atoms. The van der Waals surface area contributed by atoms with Gasteiger partial charge in [-0.1, -0.05) is 19.8 Å². The monoisotopic (exact) mass is 224 g/mol. The second-order valence-electron chi connectivity index (χ2n) is 3.35. The van der Waals surface area contributed by atoms with Crippen molar-refractivity contribution in [3.05, 3.63) is 0 Å². The van der Waals surface area contributed by atoms with Crippen LogP contribution in [0.5, 0.6) is 0 Å². The molecule has 0 unspecified atom stereocenters. The first-order chi connectivity index (χ1) is 7.78. The van der Waals surface area contributed by atoms with Gasteiger partial charge in [0.2, 0.25) is 0 Å². The van der Waals surface area contributed by atoms with Gasteiger partial charge in [0.15, 0.2) is 5.96 Å². The second-order valence-corrected chi connectivity index (χ2v) is 3.35. The predicted octanol–water partition coefficient (Wildman–Crippen LogP) is 0.516. The summed E-state index contributed by atoms with van der Waals surface area (Å²) in [7, 11) is 0. The van der Waals surface area contributed by atoms with Gasteiger partial charge in [0, 0.05) is 13.1 Å². The molecule has 0 rings (SSSR count). The van der Waals surface area contributed by atoms with E-state index in [9.17, 15) is 0 Å². The van der Waals surface area contributed by atoms with Gasteiger partial charge in [0.05, 0.1) is 13.1 Å². The molecule has 0 saturated carbocycles. The van der Waals surface area contributed by atoms with Gasteiger partial charge in [-0.2, -0.15) is 0 Å². The average molecular weight is 224 g/mol. The third-order valence-corrected chi connectivity index (χ3v) is 2.28. The Kier molecular flexibility index (Phi) is 9.53. The van der Waals surface area contributed by atoms with Crippen LogP contribution in [0, 0.1) is 12.3 Å². The van der Waals surface area contributed by atoms with E-state index in [-0.39, 0.29) is 0 Å². The second kappa shape index (κ2) is 10.3.